The van der Waals surface area contributed by atoms with Crippen LogP contribution in [0, 0.1) is 0 Å². The number of ether oxygens (including phenoxy) is 1. The molecule has 0 aliphatic carbocycles. The zero-order valence-corrected chi connectivity index (χ0v) is 9.85. The Kier molecular flexibility index (Phi) is 2.27. The molecule has 0 saturated heterocycles. The Hall–Kier alpha value is -2.68. The number of rotatable bonds is 0. The zero-order valence-electron chi connectivity index (χ0n) is 9.85. The highest BCUT2D eigenvalue weighted by Crippen LogP contribution is 2.54. The van der Waals surface area contributed by atoms with Crippen molar-refractivity contribution in [3.63, 3.8) is 0 Å². The van der Waals surface area contributed by atoms with Gasteiger partial charge < -0.3 is 25.2 Å². The van der Waals surface area contributed by atoms with Crippen molar-refractivity contribution in [2.75, 3.05) is 0 Å². The van der Waals surface area contributed by atoms with E-state index in [1.807, 2.05) is 0 Å². The van der Waals surface area contributed by atoms with Crippen LogP contribution in [0.1, 0.15) is 0 Å². The van der Waals surface area contributed by atoms with E-state index < -0.39 is 27.8 Å². The van der Waals surface area contributed by atoms with Gasteiger partial charge in [0.15, 0.2) is 34.5 Å². The summed E-state index contributed by atoms with van der Waals surface area (Å²) >= 11 is 0. The van der Waals surface area contributed by atoms with Gasteiger partial charge in [-0.25, -0.2) is 0 Å². The summed E-state index contributed by atoms with van der Waals surface area (Å²) in [6.07, 6.45) is 0. The molecule has 104 valence electrons. The van der Waals surface area contributed by atoms with Crippen LogP contribution in [0.5, 0.6) is 34.5 Å². The summed E-state index contributed by atoms with van der Waals surface area (Å²) in [5.41, 5.74) is -0.532. The van der Waals surface area contributed by atoms with Crippen molar-refractivity contribution in [1.29, 1.82) is 0 Å². The second-order valence-electron chi connectivity index (χ2n) is 4.32. The van der Waals surface area contributed by atoms with Crippen molar-refractivity contribution in [3.8, 4) is 34.5 Å². The van der Waals surface area contributed by atoms with E-state index in [-0.39, 0.29) is 22.9 Å². The summed E-state index contributed by atoms with van der Waals surface area (Å²) < 4.78 is 5.31. The number of quaternary nitrogens is 1. The summed E-state index contributed by atoms with van der Waals surface area (Å²) in [4.78, 5) is -1.81. The van der Waals surface area contributed by atoms with Gasteiger partial charge in [-0.1, -0.05) is 0 Å². The second kappa shape index (κ2) is 3.67. The topological polar surface area (TPSA) is 131 Å². The lowest BCUT2D eigenvalue weighted by molar-refractivity contribution is -0.248. The summed E-state index contributed by atoms with van der Waals surface area (Å²) in [7, 11) is 0. The Morgan fingerprint density at radius 3 is 1.40 bits per heavy atom. The molecule has 0 bridgehead atoms. The quantitative estimate of drug-likeness (QED) is 0.321. The number of aromatic hydroxyl groups is 4. The van der Waals surface area contributed by atoms with Gasteiger partial charge in [0, 0.05) is 16.9 Å². The summed E-state index contributed by atoms with van der Waals surface area (Å²) in [5.74, 6) is -2.38. The predicted molar refractivity (Wildman–Crippen MR) is 64.6 cm³/mol. The van der Waals surface area contributed by atoms with Gasteiger partial charge in [0.05, 0.1) is 12.1 Å². The third-order valence-corrected chi connectivity index (χ3v) is 3.00. The molecule has 2 aromatic rings. The van der Waals surface area contributed by atoms with Crippen LogP contribution in [0.25, 0.3) is 0 Å². The molecule has 8 nitrogen and oxygen atoms in total. The number of benzene rings is 2. The minimum absolute atomic E-state index is 0.122. The average Bonchev–Trinajstić information content (AvgIpc) is 2.35. The molecule has 0 fully saturated rings. The van der Waals surface area contributed by atoms with E-state index in [1.165, 1.54) is 0 Å². The number of nitrogens with zero attached hydrogens (tertiary/aromatic N) is 1. The largest absolute Gasteiger partial charge is 0.504 e. The van der Waals surface area contributed by atoms with Crippen LogP contribution < -0.4 is 9.55 Å². The molecule has 1 aliphatic rings. The molecular weight excluding hydrogens is 270 g/mol. The first-order chi connectivity index (χ1) is 9.30. The monoisotopic (exact) mass is 280 g/mol. The number of fused-ring (bicyclic) bond motifs is 2. The number of phenolic OH excluding ortho intramolecular Hbond substituents is 4. The molecule has 0 saturated carbocycles. The number of hydrogen-bond acceptors (Lipinski definition) is 7. The van der Waals surface area contributed by atoms with Crippen LogP contribution in [0.15, 0.2) is 24.3 Å². The van der Waals surface area contributed by atoms with E-state index in [2.05, 4.69) is 0 Å². The second-order valence-corrected chi connectivity index (χ2v) is 4.32. The van der Waals surface area contributed by atoms with E-state index >= 15 is 0 Å². The molecule has 0 unspecified atom stereocenters. The molecule has 0 atom stereocenters. The molecule has 2 aromatic carbocycles. The Morgan fingerprint density at radius 1 is 0.650 bits per heavy atom. The van der Waals surface area contributed by atoms with Gasteiger partial charge in [0.25, 0.3) is 11.4 Å². The van der Waals surface area contributed by atoms with Crippen molar-refractivity contribution in [2.24, 2.45) is 0 Å². The van der Waals surface area contributed by atoms with Crippen molar-refractivity contribution in [2.45, 2.75) is 0 Å². The Labute approximate surface area is 111 Å². The molecule has 1 aliphatic heterocycles. The van der Waals surface area contributed by atoms with Crippen molar-refractivity contribution >= 4 is 11.4 Å². The van der Waals surface area contributed by atoms with Crippen LogP contribution in [0.3, 0.4) is 0 Å². The van der Waals surface area contributed by atoms with Crippen LogP contribution in [-0.2, 0) is 0 Å². The molecule has 0 spiro atoms. The highest BCUT2D eigenvalue weighted by Gasteiger charge is 2.44. The van der Waals surface area contributed by atoms with Crippen LogP contribution in [-0.4, -0.2) is 30.8 Å². The fraction of sp³-hybridized carbons (Fsp3) is 0. The highest BCUT2D eigenvalue weighted by atomic mass is 16.8. The van der Waals surface area contributed by atoms with Gasteiger partial charge in [-0.3, -0.25) is 0 Å². The Morgan fingerprint density at radius 2 is 1.00 bits per heavy atom. The molecule has 6 N–H and O–H groups in total. The maximum Gasteiger partial charge on any atom is 0.251 e. The summed E-state index contributed by atoms with van der Waals surface area (Å²) in [5, 5.41) is 57.9. The normalized spacial score (nSPS) is 15.1. The van der Waals surface area contributed by atoms with Crippen molar-refractivity contribution in [1.82, 2.24) is 4.81 Å². The molecule has 0 amide bonds. The highest BCUT2D eigenvalue weighted by molar-refractivity contribution is 5.75. The molecule has 8 heteroatoms. The maximum absolute atomic E-state index is 10.1. The smallest absolute Gasteiger partial charge is 0.251 e. The summed E-state index contributed by atoms with van der Waals surface area (Å²) in [6.45, 7) is 0. The Balaban J connectivity index is 2.28. The van der Waals surface area contributed by atoms with E-state index in [9.17, 15) is 30.8 Å². The molecule has 0 aromatic heterocycles. The van der Waals surface area contributed by atoms with Crippen LogP contribution >= 0.6 is 0 Å². The van der Waals surface area contributed by atoms with Gasteiger partial charge in [0.1, 0.15) is 0 Å². The minimum Gasteiger partial charge on any atom is -0.504 e. The van der Waals surface area contributed by atoms with Gasteiger partial charge in [0.2, 0.25) is 0 Å². The van der Waals surface area contributed by atoms with Crippen LogP contribution in [0.2, 0.25) is 0 Å². The average molecular weight is 280 g/mol. The first-order valence-corrected chi connectivity index (χ1v) is 5.46. The first kappa shape index (κ1) is 12.4. The Bertz CT molecular complexity index is 667. The maximum atomic E-state index is 10.1. The van der Waals surface area contributed by atoms with E-state index in [1.54, 1.807) is 0 Å². The van der Waals surface area contributed by atoms with Crippen LogP contribution in [0.4, 0.5) is 11.4 Å². The molecule has 3 rings (SSSR count). The fourth-order valence-electron chi connectivity index (χ4n) is 1.99. The van der Waals surface area contributed by atoms with E-state index in [4.69, 9.17) is 4.74 Å². The predicted octanol–water partition coefficient (Wildman–Crippen LogP) is 2.03. The number of hydrogen-bond donors (Lipinski definition) is 6. The third-order valence-electron chi connectivity index (χ3n) is 3.00. The zero-order chi connectivity index (χ0) is 14.7. The lowest BCUT2D eigenvalue weighted by Crippen LogP contribution is -2.38. The minimum atomic E-state index is -1.81. The van der Waals surface area contributed by atoms with E-state index in [0.29, 0.717) is 0 Å². The lowest BCUT2D eigenvalue weighted by atomic mass is 10.1. The lowest BCUT2D eigenvalue weighted by Gasteiger charge is -2.28. The molecule has 1 heterocycles. The van der Waals surface area contributed by atoms with E-state index in [0.717, 1.165) is 24.3 Å². The van der Waals surface area contributed by atoms with Gasteiger partial charge >= 0.3 is 0 Å². The standard InChI is InChI=1S/C12H9NO7/c14-7-1-5-11(3-9(7)16)20-12-4-10(17)8(15)2-6(12)13(5,18)19/h1-4,18-19H,(H3-,14,15,16,17)/p+1. The SMILES string of the molecule is Oc1cc2c(cc1O)[N+](O)(O)c1cc(O)c(O)cc1O2. The molecular formula is C12H10NO7+. The fourth-order valence-corrected chi connectivity index (χ4v) is 1.99. The van der Waals surface area contributed by atoms with Crippen molar-refractivity contribution in [3.05, 3.63) is 24.3 Å². The molecule has 0 radical (unpaired) electrons. The van der Waals surface area contributed by atoms with Gasteiger partial charge in [-0.05, 0) is 0 Å². The molecule has 20 heavy (non-hydrogen) atoms. The third kappa shape index (κ3) is 1.53. The first-order valence-electron chi connectivity index (χ1n) is 5.46. The van der Waals surface area contributed by atoms with Crippen molar-refractivity contribution < 1.29 is 35.6 Å². The van der Waals surface area contributed by atoms with Gasteiger partial charge in [-0.2, -0.15) is 10.4 Å². The summed E-state index contributed by atoms with van der Waals surface area (Å²) in [6, 6.07) is 3.82. The number of phenols is 4. The van der Waals surface area contributed by atoms with Gasteiger partial charge in [-0.15, -0.1) is 0 Å².